The molecular formula is C29H40N4O6. The van der Waals surface area contributed by atoms with Crippen molar-refractivity contribution in [3.63, 3.8) is 0 Å². The maximum absolute atomic E-state index is 13.6. The SMILES string of the molecule is CC(CNC(=O)OC(C)(C)C)OC(=O)OC(C)N1C=CN(CC2CCc3c(c4ccccc4n3C)C2=O)C1C. The van der Waals surface area contributed by atoms with E-state index in [4.69, 9.17) is 14.2 Å². The molecule has 4 atom stereocenters. The summed E-state index contributed by atoms with van der Waals surface area (Å²) in [5, 5.41) is 3.59. The Labute approximate surface area is 229 Å². The van der Waals surface area contributed by atoms with Crippen molar-refractivity contribution in [2.45, 2.75) is 78.5 Å². The minimum atomic E-state index is -0.828. The van der Waals surface area contributed by atoms with E-state index in [9.17, 15) is 14.4 Å². The average Bonchev–Trinajstić information content (AvgIpc) is 3.36. The highest BCUT2D eigenvalue weighted by Gasteiger charge is 2.36. The van der Waals surface area contributed by atoms with Crippen LogP contribution in [0.15, 0.2) is 36.7 Å². The number of fused-ring (bicyclic) bond motifs is 3. The summed E-state index contributed by atoms with van der Waals surface area (Å²) in [7, 11) is 2.03. The number of hydrogen-bond donors (Lipinski definition) is 1. The van der Waals surface area contributed by atoms with Crippen molar-refractivity contribution in [2.24, 2.45) is 13.0 Å². The number of amides is 1. The number of Topliss-reactive ketones (excluding diaryl/α,β-unsaturated/α-hetero) is 1. The minimum Gasteiger partial charge on any atom is -0.444 e. The van der Waals surface area contributed by atoms with Gasteiger partial charge in [-0.15, -0.1) is 0 Å². The number of hydrogen-bond acceptors (Lipinski definition) is 8. The Morgan fingerprint density at radius 1 is 1.13 bits per heavy atom. The Hall–Kier alpha value is -3.69. The number of carbonyl (C=O) groups is 3. The Balaban J connectivity index is 1.28. The summed E-state index contributed by atoms with van der Waals surface area (Å²) in [6, 6.07) is 8.07. The highest BCUT2D eigenvalue weighted by Crippen LogP contribution is 2.35. The van der Waals surface area contributed by atoms with E-state index in [1.807, 2.05) is 49.5 Å². The molecule has 0 bridgehead atoms. The highest BCUT2D eigenvalue weighted by molar-refractivity contribution is 6.11. The van der Waals surface area contributed by atoms with Gasteiger partial charge in [0.15, 0.2) is 12.0 Å². The predicted molar refractivity (Wildman–Crippen MR) is 147 cm³/mol. The lowest BCUT2D eigenvalue weighted by atomic mass is 9.84. The smallest absolute Gasteiger partial charge is 0.444 e. The van der Waals surface area contributed by atoms with Crippen LogP contribution in [0.1, 0.15) is 64.0 Å². The van der Waals surface area contributed by atoms with Crippen LogP contribution in [-0.4, -0.2) is 69.6 Å². The number of ketones is 1. The fraction of sp³-hybridized carbons (Fsp3) is 0.552. The molecule has 212 valence electrons. The van der Waals surface area contributed by atoms with Crippen LogP contribution in [0.2, 0.25) is 0 Å². The van der Waals surface area contributed by atoms with Gasteiger partial charge in [0.2, 0.25) is 0 Å². The molecule has 2 heterocycles. The van der Waals surface area contributed by atoms with Gasteiger partial charge in [-0.25, -0.2) is 9.59 Å². The third-order valence-electron chi connectivity index (χ3n) is 7.26. The Morgan fingerprint density at radius 2 is 1.85 bits per heavy atom. The van der Waals surface area contributed by atoms with Crippen molar-refractivity contribution in [1.29, 1.82) is 0 Å². The fourth-order valence-electron chi connectivity index (χ4n) is 5.29. The molecule has 0 fully saturated rings. The van der Waals surface area contributed by atoms with E-state index in [1.54, 1.807) is 34.6 Å². The number of aryl methyl sites for hydroxylation is 1. The van der Waals surface area contributed by atoms with Gasteiger partial charge in [-0.2, -0.15) is 0 Å². The van der Waals surface area contributed by atoms with Crippen LogP contribution in [0.3, 0.4) is 0 Å². The number of nitrogens with zero attached hydrogens (tertiary/aromatic N) is 3. The van der Waals surface area contributed by atoms with E-state index in [2.05, 4.69) is 20.9 Å². The monoisotopic (exact) mass is 540 g/mol. The van der Waals surface area contributed by atoms with Gasteiger partial charge >= 0.3 is 12.2 Å². The standard InChI is InChI=1S/C29H40N4O6/c1-18(16-30-27(35)39-29(4,5)6)37-28(36)38-20(3)33-15-14-32(19(33)2)17-21-12-13-24-25(26(21)34)22-10-8-9-11-23(22)31(24)7/h8-11,14-15,18-21H,12-13,16-17H2,1-7H3,(H,30,35). The minimum absolute atomic E-state index is 0.0972. The number of alkyl carbamates (subject to hydrolysis) is 1. The molecule has 4 rings (SSSR count). The Kier molecular flexibility index (Phi) is 8.13. The maximum atomic E-state index is 13.6. The van der Waals surface area contributed by atoms with E-state index >= 15 is 0 Å². The largest absolute Gasteiger partial charge is 0.510 e. The number of nitrogens with one attached hydrogen (secondary N) is 1. The summed E-state index contributed by atoms with van der Waals surface area (Å²) in [5.41, 5.74) is 2.44. The molecule has 0 radical (unpaired) electrons. The second-order valence-electron chi connectivity index (χ2n) is 11.4. The molecule has 4 unspecified atom stereocenters. The Morgan fingerprint density at radius 3 is 2.56 bits per heavy atom. The summed E-state index contributed by atoms with van der Waals surface area (Å²) in [4.78, 5) is 41.8. The van der Waals surface area contributed by atoms with Crippen molar-refractivity contribution in [1.82, 2.24) is 19.7 Å². The van der Waals surface area contributed by atoms with E-state index in [-0.39, 0.29) is 24.4 Å². The van der Waals surface area contributed by atoms with E-state index in [0.717, 1.165) is 35.0 Å². The lowest BCUT2D eigenvalue weighted by molar-refractivity contribution is -0.0534. The molecule has 1 N–H and O–H groups in total. The molecular weight excluding hydrogens is 500 g/mol. The van der Waals surface area contributed by atoms with Crippen LogP contribution in [0.5, 0.6) is 0 Å². The maximum Gasteiger partial charge on any atom is 0.510 e. The van der Waals surface area contributed by atoms with Crippen molar-refractivity contribution >= 4 is 28.9 Å². The van der Waals surface area contributed by atoms with Gasteiger partial charge in [0, 0.05) is 54.1 Å². The molecule has 1 aliphatic carbocycles. The van der Waals surface area contributed by atoms with Gasteiger partial charge in [0.1, 0.15) is 17.9 Å². The first-order chi connectivity index (χ1) is 18.4. The number of carbonyl (C=O) groups excluding carboxylic acids is 3. The normalized spacial score (nSPS) is 20.5. The first-order valence-corrected chi connectivity index (χ1v) is 13.5. The lowest BCUT2D eigenvalue weighted by Gasteiger charge is -2.35. The van der Waals surface area contributed by atoms with Gasteiger partial charge in [0.05, 0.1) is 6.54 Å². The van der Waals surface area contributed by atoms with E-state index < -0.39 is 30.2 Å². The lowest BCUT2D eigenvalue weighted by Crippen LogP contribution is -2.45. The molecule has 10 nitrogen and oxygen atoms in total. The quantitative estimate of drug-likeness (QED) is 0.501. The molecule has 1 aliphatic heterocycles. The van der Waals surface area contributed by atoms with Gasteiger partial charge < -0.3 is 33.9 Å². The average molecular weight is 541 g/mol. The molecule has 39 heavy (non-hydrogen) atoms. The van der Waals surface area contributed by atoms with E-state index in [1.165, 1.54) is 0 Å². The molecule has 1 aromatic heterocycles. The number of benzene rings is 1. The first-order valence-electron chi connectivity index (χ1n) is 13.5. The highest BCUT2D eigenvalue weighted by atomic mass is 16.7. The van der Waals surface area contributed by atoms with Crippen LogP contribution < -0.4 is 5.32 Å². The van der Waals surface area contributed by atoms with Crippen LogP contribution in [-0.2, 0) is 27.7 Å². The van der Waals surface area contributed by atoms with Crippen LogP contribution in [0, 0.1) is 5.92 Å². The zero-order chi connectivity index (χ0) is 28.5. The van der Waals surface area contributed by atoms with Gasteiger partial charge in [-0.3, -0.25) is 4.79 Å². The van der Waals surface area contributed by atoms with Gasteiger partial charge in [0.25, 0.3) is 0 Å². The van der Waals surface area contributed by atoms with Crippen LogP contribution >= 0.6 is 0 Å². The summed E-state index contributed by atoms with van der Waals surface area (Å²) in [5.74, 6) is 0.0730. The number of aromatic nitrogens is 1. The zero-order valence-electron chi connectivity index (χ0n) is 23.9. The number of para-hydroxylation sites is 1. The summed E-state index contributed by atoms with van der Waals surface area (Å²) >= 11 is 0. The van der Waals surface area contributed by atoms with E-state index in [0.29, 0.717) is 6.54 Å². The van der Waals surface area contributed by atoms with Crippen molar-refractivity contribution in [3.05, 3.63) is 47.9 Å². The molecule has 2 aromatic rings. The molecule has 0 saturated heterocycles. The van der Waals surface area contributed by atoms with Gasteiger partial charge in [-0.1, -0.05) is 18.2 Å². The molecule has 0 saturated carbocycles. The number of rotatable bonds is 7. The third kappa shape index (κ3) is 6.32. The zero-order valence-corrected chi connectivity index (χ0v) is 23.9. The predicted octanol–water partition coefficient (Wildman–Crippen LogP) is 4.77. The molecule has 1 amide bonds. The molecule has 0 spiro atoms. The molecule has 1 aromatic carbocycles. The van der Waals surface area contributed by atoms with Crippen LogP contribution in [0.25, 0.3) is 10.9 Å². The Bertz CT molecular complexity index is 1260. The summed E-state index contributed by atoms with van der Waals surface area (Å²) in [6.45, 7) is 11.4. The summed E-state index contributed by atoms with van der Waals surface area (Å²) in [6.07, 6.45) is 2.75. The van der Waals surface area contributed by atoms with Crippen molar-refractivity contribution in [2.75, 3.05) is 13.1 Å². The van der Waals surface area contributed by atoms with Gasteiger partial charge in [-0.05, 0) is 60.5 Å². The second kappa shape index (κ2) is 11.2. The van der Waals surface area contributed by atoms with Crippen molar-refractivity contribution < 1.29 is 28.6 Å². The number of ether oxygens (including phenoxy) is 3. The summed E-state index contributed by atoms with van der Waals surface area (Å²) < 4.78 is 18.1. The first kappa shape index (κ1) is 28.3. The van der Waals surface area contributed by atoms with Crippen molar-refractivity contribution in [3.8, 4) is 0 Å². The third-order valence-corrected chi connectivity index (χ3v) is 7.26. The topological polar surface area (TPSA) is 102 Å². The second-order valence-corrected chi connectivity index (χ2v) is 11.4. The molecule has 2 aliphatic rings. The molecule has 10 heteroatoms. The van der Waals surface area contributed by atoms with Crippen LogP contribution in [0.4, 0.5) is 9.59 Å². The fourth-order valence-corrected chi connectivity index (χ4v) is 5.29.